The molecule has 0 radical (unpaired) electrons. The van der Waals surface area contributed by atoms with Gasteiger partial charge in [0.2, 0.25) is 5.91 Å². The minimum atomic E-state index is -0.569. The third-order valence-electron chi connectivity index (χ3n) is 4.06. The fourth-order valence-electron chi connectivity index (χ4n) is 2.77. The summed E-state index contributed by atoms with van der Waals surface area (Å²) in [6.45, 7) is 2.23. The van der Waals surface area contributed by atoms with Gasteiger partial charge in [-0.15, -0.1) is 0 Å². The molecule has 144 valence electrons. The Hall–Kier alpha value is -3.30. The van der Waals surface area contributed by atoms with E-state index in [-0.39, 0.29) is 19.0 Å². The van der Waals surface area contributed by atoms with Gasteiger partial charge in [-0.1, -0.05) is 5.16 Å². The summed E-state index contributed by atoms with van der Waals surface area (Å²) in [5, 5.41) is 6.26. The van der Waals surface area contributed by atoms with Gasteiger partial charge in [0, 0.05) is 19.3 Å². The lowest BCUT2D eigenvalue weighted by molar-refractivity contribution is -0.119. The molecule has 1 unspecified atom stereocenters. The van der Waals surface area contributed by atoms with Gasteiger partial charge in [-0.25, -0.2) is 9.18 Å². The second kappa shape index (κ2) is 7.94. The van der Waals surface area contributed by atoms with Gasteiger partial charge in [-0.05, 0) is 18.2 Å². The van der Waals surface area contributed by atoms with E-state index in [1.54, 1.807) is 34.3 Å². The third-order valence-corrected chi connectivity index (χ3v) is 4.06. The van der Waals surface area contributed by atoms with E-state index in [9.17, 15) is 14.0 Å². The van der Waals surface area contributed by atoms with Crippen molar-refractivity contribution < 1.29 is 23.6 Å². The smallest absolute Gasteiger partial charge is 0.414 e. The summed E-state index contributed by atoms with van der Waals surface area (Å²) in [5.74, 6) is -0.677. The van der Waals surface area contributed by atoms with Crippen LogP contribution in [-0.4, -0.2) is 56.2 Å². The Morgan fingerprint density at radius 1 is 1.48 bits per heavy atom. The van der Waals surface area contributed by atoms with E-state index < -0.39 is 18.0 Å². The maximum absolute atomic E-state index is 14.6. The Kier molecular flexibility index (Phi) is 5.43. The number of oxime groups is 1. The van der Waals surface area contributed by atoms with Crippen LogP contribution in [-0.2, 0) is 14.4 Å². The molecule has 1 aromatic rings. The highest BCUT2D eigenvalue weighted by Gasteiger charge is 2.33. The van der Waals surface area contributed by atoms with Crippen molar-refractivity contribution in [2.75, 3.05) is 36.7 Å². The van der Waals surface area contributed by atoms with Gasteiger partial charge in [-0.3, -0.25) is 9.69 Å². The van der Waals surface area contributed by atoms with E-state index in [0.717, 1.165) is 0 Å². The van der Waals surface area contributed by atoms with E-state index in [1.807, 2.05) is 0 Å². The minimum Gasteiger partial charge on any atom is -0.442 e. The molecule has 0 aromatic heterocycles. The van der Waals surface area contributed by atoms with Crippen LogP contribution in [0.1, 0.15) is 6.92 Å². The molecule has 0 spiro atoms. The predicted octanol–water partition coefficient (Wildman–Crippen LogP) is 1.43. The molecule has 9 nitrogen and oxygen atoms in total. The first-order valence-electron chi connectivity index (χ1n) is 8.27. The lowest BCUT2D eigenvalue weighted by Gasteiger charge is -2.20. The van der Waals surface area contributed by atoms with Crippen LogP contribution in [0.5, 0.6) is 0 Å². The molecule has 0 bridgehead atoms. The molecule has 0 aliphatic carbocycles. The summed E-state index contributed by atoms with van der Waals surface area (Å²) in [4.78, 5) is 32.4. The van der Waals surface area contributed by atoms with Gasteiger partial charge in [0.1, 0.15) is 25.4 Å². The Bertz CT molecular complexity index is 785. The summed E-state index contributed by atoms with van der Waals surface area (Å²) in [6, 6.07) is 4.54. The van der Waals surface area contributed by atoms with E-state index in [0.29, 0.717) is 18.0 Å². The molecule has 1 saturated heterocycles. The molecule has 27 heavy (non-hydrogen) atoms. The minimum absolute atomic E-state index is 0.205. The number of benzene rings is 1. The molecule has 1 aromatic carbocycles. The van der Waals surface area contributed by atoms with Gasteiger partial charge in [-0.2, -0.15) is 0 Å². The average molecular weight is 377 g/mol. The second-order valence-corrected chi connectivity index (χ2v) is 6.02. The first-order chi connectivity index (χ1) is 13.0. The maximum Gasteiger partial charge on any atom is 0.414 e. The second-order valence-electron chi connectivity index (χ2n) is 6.02. The van der Waals surface area contributed by atoms with Gasteiger partial charge >= 0.3 is 6.09 Å². The van der Waals surface area contributed by atoms with Crippen molar-refractivity contribution in [1.82, 2.24) is 10.2 Å². The summed E-state index contributed by atoms with van der Waals surface area (Å²) >= 11 is 0. The standard InChI is InChI=1S/C17H20FN5O4/c1-12(24)19-8-14-9-23(17(25)27-14)13-3-4-16(15(18)7-13)22-6-5-21(11-22)10-20-26-2/h3-7,10,14H,8-9,11H2,1-2H3,(H,19,24). The van der Waals surface area contributed by atoms with Gasteiger partial charge in [0.05, 0.1) is 31.1 Å². The molecule has 1 fully saturated rings. The molecule has 1 N–H and O–H groups in total. The highest BCUT2D eigenvalue weighted by Crippen LogP contribution is 2.29. The van der Waals surface area contributed by atoms with Crippen LogP contribution >= 0.6 is 0 Å². The largest absolute Gasteiger partial charge is 0.442 e. The fraction of sp³-hybridized carbons (Fsp3) is 0.353. The first-order valence-corrected chi connectivity index (χ1v) is 8.27. The number of nitrogens with zero attached hydrogens (tertiary/aromatic N) is 4. The van der Waals surface area contributed by atoms with Crippen molar-refractivity contribution in [2.45, 2.75) is 13.0 Å². The maximum atomic E-state index is 14.6. The van der Waals surface area contributed by atoms with Gasteiger partial charge in [0.15, 0.2) is 0 Å². The number of halogens is 1. The number of anilines is 2. The molecule has 1 atom stereocenters. The molecular formula is C17H20FN5O4. The molecule has 2 aliphatic heterocycles. The third kappa shape index (κ3) is 4.27. The summed E-state index contributed by atoms with van der Waals surface area (Å²) in [7, 11) is 1.44. The van der Waals surface area contributed by atoms with E-state index >= 15 is 0 Å². The van der Waals surface area contributed by atoms with Gasteiger partial charge in [0.25, 0.3) is 0 Å². The molecule has 2 amide bonds. The monoisotopic (exact) mass is 377 g/mol. The quantitative estimate of drug-likeness (QED) is 0.459. The Morgan fingerprint density at radius 3 is 3.00 bits per heavy atom. The average Bonchev–Trinajstić information content (AvgIpc) is 3.24. The molecule has 10 heteroatoms. The molecule has 2 heterocycles. The number of cyclic esters (lactones) is 1. The normalized spacial score (nSPS) is 19.1. The van der Waals surface area contributed by atoms with Crippen LogP contribution in [0.15, 0.2) is 35.8 Å². The molecule has 2 aliphatic rings. The van der Waals surface area contributed by atoms with Crippen LogP contribution in [0.4, 0.5) is 20.6 Å². The number of rotatable bonds is 6. The lowest BCUT2D eigenvalue weighted by atomic mass is 10.2. The highest BCUT2D eigenvalue weighted by atomic mass is 19.1. The molecule has 0 saturated carbocycles. The zero-order valence-corrected chi connectivity index (χ0v) is 15.0. The topological polar surface area (TPSA) is 86.7 Å². The summed E-state index contributed by atoms with van der Waals surface area (Å²) in [6.07, 6.45) is 3.89. The van der Waals surface area contributed by atoms with Crippen molar-refractivity contribution in [3.8, 4) is 0 Å². The number of amides is 2. The fourth-order valence-corrected chi connectivity index (χ4v) is 2.77. The Labute approximate surface area is 155 Å². The van der Waals surface area contributed by atoms with Crippen molar-refractivity contribution in [3.05, 3.63) is 36.4 Å². The van der Waals surface area contributed by atoms with Crippen LogP contribution in [0.25, 0.3) is 0 Å². The van der Waals surface area contributed by atoms with Crippen LogP contribution in [0.3, 0.4) is 0 Å². The van der Waals surface area contributed by atoms with Crippen molar-refractivity contribution in [2.24, 2.45) is 5.16 Å². The first kappa shape index (κ1) is 18.5. The predicted molar refractivity (Wildman–Crippen MR) is 96.5 cm³/mol. The Morgan fingerprint density at radius 2 is 2.30 bits per heavy atom. The lowest BCUT2D eigenvalue weighted by Crippen LogP contribution is -2.33. The van der Waals surface area contributed by atoms with Crippen LogP contribution in [0, 0.1) is 5.82 Å². The van der Waals surface area contributed by atoms with Crippen molar-refractivity contribution in [1.29, 1.82) is 0 Å². The number of carbonyl (C=O) groups excluding carboxylic acids is 2. The van der Waals surface area contributed by atoms with Crippen molar-refractivity contribution >= 4 is 29.7 Å². The zero-order chi connectivity index (χ0) is 19.4. The van der Waals surface area contributed by atoms with Crippen LogP contribution in [0.2, 0.25) is 0 Å². The zero-order valence-electron chi connectivity index (χ0n) is 15.0. The van der Waals surface area contributed by atoms with Gasteiger partial charge < -0.3 is 24.7 Å². The van der Waals surface area contributed by atoms with Crippen LogP contribution < -0.4 is 15.1 Å². The molecule has 3 rings (SSSR count). The van der Waals surface area contributed by atoms with E-state index in [2.05, 4.69) is 15.3 Å². The summed E-state index contributed by atoms with van der Waals surface area (Å²) in [5.41, 5.74) is 0.762. The Balaban J connectivity index is 1.67. The number of carbonyl (C=O) groups is 2. The number of ether oxygens (including phenoxy) is 1. The van der Waals surface area contributed by atoms with E-state index in [4.69, 9.17) is 4.74 Å². The number of hydrogen-bond donors (Lipinski definition) is 1. The number of nitrogens with one attached hydrogen (secondary N) is 1. The molecular weight excluding hydrogens is 357 g/mol. The number of hydrogen-bond acceptors (Lipinski definition) is 6. The SMILES string of the molecule is CON=CN1C=CN(c2ccc(N3CC(CNC(C)=O)OC3=O)cc2F)C1. The van der Waals surface area contributed by atoms with Crippen molar-refractivity contribution in [3.63, 3.8) is 0 Å². The highest BCUT2D eigenvalue weighted by molar-refractivity contribution is 5.90. The summed E-state index contributed by atoms with van der Waals surface area (Å²) < 4.78 is 19.8. The van der Waals surface area contributed by atoms with E-state index in [1.165, 1.54) is 31.3 Å².